The van der Waals surface area contributed by atoms with Crippen molar-refractivity contribution in [2.24, 2.45) is 0 Å². The fourth-order valence-electron chi connectivity index (χ4n) is 1.97. The minimum Gasteiger partial charge on any atom is -0.480 e. The normalized spacial score (nSPS) is 11.1. The van der Waals surface area contributed by atoms with Crippen LogP contribution < -0.4 is 5.73 Å². The average Bonchev–Trinajstić information content (AvgIpc) is 2.29. The van der Waals surface area contributed by atoms with E-state index >= 15 is 0 Å². The summed E-state index contributed by atoms with van der Waals surface area (Å²) in [5.41, 5.74) is 5.81. The third kappa shape index (κ3) is 3.47. The molecule has 0 aliphatic carbocycles. The van der Waals surface area contributed by atoms with Gasteiger partial charge < -0.3 is 15.7 Å². The SMILES string of the molecule is CCN(C(=O)Cc1cccc(N)c1)C(C)(C)C(=O)O. The molecular formula is C14H20N2O3. The number of carboxylic acid groups (broad SMARTS) is 1. The van der Waals surface area contributed by atoms with Crippen molar-refractivity contribution in [2.75, 3.05) is 12.3 Å². The monoisotopic (exact) mass is 264 g/mol. The molecule has 1 amide bonds. The van der Waals surface area contributed by atoms with Crippen molar-refractivity contribution in [1.29, 1.82) is 0 Å². The lowest BCUT2D eigenvalue weighted by atomic mass is 10.0. The molecule has 0 saturated carbocycles. The predicted octanol–water partition coefficient (Wildman–Crippen LogP) is 1.52. The van der Waals surface area contributed by atoms with Crippen LogP contribution in [-0.4, -0.2) is 34.0 Å². The second kappa shape index (κ2) is 5.73. The van der Waals surface area contributed by atoms with Crippen LogP contribution >= 0.6 is 0 Å². The van der Waals surface area contributed by atoms with Gasteiger partial charge in [0.05, 0.1) is 6.42 Å². The molecule has 5 heteroatoms. The molecule has 0 spiro atoms. The Hall–Kier alpha value is -2.04. The largest absolute Gasteiger partial charge is 0.480 e. The number of hydrogen-bond acceptors (Lipinski definition) is 3. The molecule has 0 aliphatic heterocycles. The first kappa shape index (κ1) is 15.0. The highest BCUT2D eigenvalue weighted by Gasteiger charge is 2.36. The maximum Gasteiger partial charge on any atom is 0.329 e. The maximum absolute atomic E-state index is 12.2. The molecule has 0 bridgehead atoms. The van der Waals surface area contributed by atoms with E-state index in [-0.39, 0.29) is 12.3 Å². The number of anilines is 1. The first-order valence-corrected chi connectivity index (χ1v) is 6.17. The molecule has 0 heterocycles. The standard InChI is InChI=1S/C14H20N2O3/c1-4-16(14(2,3)13(18)19)12(17)9-10-6-5-7-11(15)8-10/h5-8H,4,9,15H2,1-3H3,(H,18,19). The number of nitrogens with two attached hydrogens (primary N) is 1. The molecule has 5 nitrogen and oxygen atoms in total. The van der Waals surface area contributed by atoms with Gasteiger partial charge in [-0.1, -0.05) is 12.1 Å². The number of hydrogen-bond donors (Lipinski definition) is 2. The Morgan fingerprint density at radius 2 is 2.00 bits per heavy atom. The Morgan fingerprint density at radius 3 is 2.47 bits per heavy atom. The van der Waals surface area contributed by atoms with Gasteiger partial charge in [-0.15, -0.1) is 0 Å². The summed E-state index contributed by atoms with van der Waals surface area (Å²) in [4.78, 5) is 24.8. The van der Waals surface area contributed by atoms with E-state index in [9.17, 15) is 14.7 Å². The Labute approximate surface area is 113 Å². The average molecular weight is 264 g/mol. The summed E-state index contributed by atoms with van der Waals surface area (Å²) < 4.78 is 0. The van der Waals surface area contributed by atoms with Crippen molar-refractivity contribution in [3.63, 3.8) is 0 Å². The zero-order chi connectivity index (χ0) is 14.6. The molecule has 0 aliphatic rings. The van der Waals surface area contributed by atoms with Gasteiger partial charge in [0, 0.05) is 12.2 Å². The Bertz CT molecular complexity index is 483. The fraction of sp³-hybridized carbons (Fsp3) is 0.429. The summed E-state index contributed by atoms with van der Waals surface area (Å²) in [6.07, 6.45) is 0.148. The summed E-state index contributed by atoms with van der Waals surface area (Å²) in [7, 11) is 0. The molecule has 0 radical (unpaired) electrons. The minimum atomic E-state index is -1.22. The quantitative estimate of drug-likeness (QED) is 0.790. The van der Waals surface area contributed by atoms with Gasteiger partial charge in [-0.05, 0) is 38.5 Å². The Kier molecular flexibility index (Phi) is 4.53. The smallest absolute Gasteiger partial charge is 0.329 e. The van der Waals surface area contributed by atoms with Gasteiger partial charge in [0.1, 0.15) is 5.54 Å². The lowest BCUT2D eigenvalue weighted by Crippen LogP contribution is -2.53. The summed E-state index contributed by atoms with van der Waals surface area (Å²) >= 11 is 0. The third-order valence-corrected chi connectivity index (χ3v) is 3.12. The zero-order valence-corrected chi connectivity index (χ0v) is 11.5. The summed E-state index contributed by atoms with van der Waals surface area (Å²) in [5.74, 6) is -1.24. The molecule has 19 heavy (non-hydrogen) atoms. The van der Waals surface area contributed by atoms with Gasteiger partial charge in [0.2, 0.25) is 5.91 Å². The van der Waals surface area contributed by atoms with Crippen molar-refractivity contribution in [1.82, 2.24) is 4.90 Å². The second-order valence-corrected chi connectivity index (χ2v) is 4.92. The maximum atomic E-state index is 12.2. The highest BCUT2D eigenvalue weighted by atomic mass is 16.4. The number of carbonyl (C=O) groups excluding carboxylic acids is 1. The zero-order valence-electron chi connectivity index (χ0n) is 11.5. The molecule has 1 aromatic rings. The number of benzene rings is 1. The highest BCUT2D eigenvalue weighted by Crippen LogP contribution is 2.17. The molecule has 0 atom stereocenters. The van der Waals surface area contributed by atoms with Crippen LogP contribution in [0.4, 0.5) is 5.69 Å². The molecule has 104 valence electrons. The van der Waals surface area contributed by atoms with Crippen LogP contribution in [0.2, 0.25) is 0 Å². The number of nitrogen functional groups attached to an aromatic ring is 1. The van der Waals surface area contributed by atoms with E-state index in [4.69, 9.17) is 5.73 Å². The second-order valence-electron chi connectivity index (χ2n) is 4.92. The highest BCUT2D eigenvalue weighted by molar-refractivity contribution is 5.87. The number of amides is 1. The number of carbonyl (C=O) groups is 2. The molecule has 0 fully saturated rings. The molecule has 0 unspecified atom stereocenters. The van der Waals surface area contributed by atoms with E-state index in [0.717, 1.165) is 5.56 Å². The van der Waals surface area contributed by atoms with Gasteiger partial charge in [0.15, 0.2) is 0 Å². The van der Waals surface area contributed by atoms with Crippen molar-refractivity contribution in [2.45, 2.75) is 32.7 Å². The fourth-order valence-corrected chi connectivity index (χ4v) is 1.97. The number of nitrogens with zero attached hydrogens (tertiary/aromatic N) is 1. The Balaban J connectivity index is 2.89. The molecule has 1 aromatic carbocycles. The lowest BCUT2D eigenvalue weighted by Gasteiger charge is -2.34. The van der Waals surface area contributed by atoms with Gasteiger partial charge in [0.25, 0.3) is 0 Å². The number of likely N-dealkylation sites (N-methyl/N-ethyl adjacent to an activating group) is 1. The number of rotatable bonds is 5. The van der Waals surface area contributed by atoms with Crippen molar-refractivity contribution in [3.05, 3.63) is 29.8 Å². The lowest BCUT2D eigenvalue weighted by molar-refractivity contribution is -0.156. The van der Waals surface area contributed by atoms with Gasteiger partial charge in [-0.3, -0.25) is 4.79 Å². The van der Waals surface area contributed by atoms with Crippen LogP contribution in [0.15, 0.2) is 24.3 Å². The predicted molar refractivity (Wildman–Crippen MR) is 73.7 cm³/mol. The van der Waals surface area contributed by atoms with E-state index in [0.29, 0.717) is 12.2 Å². The van der Waals surface area contributed by atoms with Crippen LogP contribution in [-0.2, 0) is 16.0 Å². The van der Waals surface area contributed by atoms with Crippen LogP contribution in [0.5, 0.6) is 0 Å². The first-order valence-electron chi connectivity index (χ1n) is 6.17. The molecule has 0 aromatic heterocycles. The van der Waals surface area contributed by atoms with Crippen LogP contribution in [0.1, 0.15) is 26.3 Å². The number of carboxylic acids is 1. The minimum absolute atomic E-state index is 0.148. The molecule has 0 saturated heterocycles. The molecular weight excluding hydrogens is 244 g/mol. The van der Waals surface area contributed by atoms with Crippen molar-refractivity contribution < 1.29 is 14.7 Å². The van der Waals surface area contributed by atoms with Crippen molar-refractivity contribution in [3.8, 4) is 0 Å². The van der Waals surface area contributed by atoms with Crippen LogP contribution in [0.25, 0.3) is 0 Å². The summed E-state index contributed by atoms with van der Waals surface area (Å²) in [6, 6.07) is 7.04. The summed E-state index contributed by atoms with van der Waals surface area (Å²) in [5, 5.41) is 9.19. The van der Waals surface area contributed by atoms with E-state index in [1.54, 1.807) is 31.2 Å². The van der Waals surface area contributed by atoms with E-state index in [2.05, 4.69) is 0 Å². The van der Waals surface area contributed by atoms with Gasteiger partial charge in [-0.25, -0.2) is 4.79 Å². The van der Waals surface area contributed by atoms with E-state index < -0.39 is 11.5 Å². The third-order valence-electron chi connectivity index (χ3n) is 3.12. The van der Waals surface area contributed by atoms with Gasteiger partial charge >= 0.3 is 5.97 Å². The number of aliphatic carboxylic acids is 1. The van der Waals surface area contributed by atoms with Gasteiger partial charge in [-0.2, -0.15) is 0 Å². The molecule has 3 N–H and O–H groups in total. The molecule has 1 rings (SSSR count). The first-order chi connectivity index (χ1) is 8.78. The summed E-state index contributed by atoms with van der Waals surface area (Å²) in [6.45, 7) is 5.16. The Morgan fingerprint density at radius 1 is 1.37 bits per heavy atom. The van der Waals surface area contributed by atoms with Crippen LogP contribution in [0, 0.1) is 0 Å². The van der Waals surface area contributed by atoms with Crippen molar-refractivity contribution >= 4 is 17.6 Å². The van der Waals surface area contributed by atoms with Crippen LogP contribution in [0.3, 0.4) is 0 Å². The van der Waals surface area contributed by atoms with E-state index in [1.165, 1.54) is 18.7 Å². The van der Waals surface area contributed by atoms with E-state index in [1.807, 2.05) is 0 Å². The topological polar surface area (TPSA) is 83.6 Å².